The fourth-order valence-corrected chi connectivity index (χ4v) is 2.82. The predicted molar refractivity (Wildman–Crippen MR) is 58.5 cm³/mol. The summed E-state index contributed by atoms with van der Waals surface area (Å²) < 4.78 is 6.03. The summed E-state index contributed by atoms with van der Waals surface area (Å²) in [5.74, 6) is 0.0384. The molecular weight excluding hydrogens is 190 g/mol. The molecule has 1 unspecified atom stereocenters. The number of carbonyl (C=O) groups excluding carboxylic acids is 1. The number of morpholine rings is 1. The first-order chi connectivity index (χ1) is 7.15. The molecule has 1 aliphatic carbocycles. The highest BCUT2D eigenvalue weighted by Gasteiger charge is 2.42. The lowest BCUT2D eigenvalue weighted by Gasteiger charge is -2.43. The topological polar surface area (TPSA) is 29.5 Å². The summed E-state index contributed by atoms with van der Waals surface area (Å²) in [6, 6.07) is 0. The summed E-state index contributed by atoms with van der Waals surface area (Å²) in [6.45, 7) is 7.04. The lowest BCUT2D eigenvalue weighted by atomic mass is 9.98. The van der Waals surface area contributed by atoms with Gasteiger partial charge in [-0.2, -0.15) is 0 Å². The van der Waals surface area contributed by atoms with Gasteiger partial charge >= 0.3 is 0 Å². The summed E-state index contributed by atoms with van der Waals surface area (Å²) in [6.07, 6.45) is 6.20. The quantitative estimate of drug-likeness (QED) is 0.615. The molecular formula is C12H19NO2. The Balaban J connectivity index is 2.09. The van der Waals surface area contributed by atoms with Crippen LogP contribution in [0.5, 0.6) is 0 Å². The van der Waals surface area contributed by atoms with E-state index in [9.17, 15) is 4.79 Å². The number of rotatable bonds is 1. The highest BCUT2D eigenvalue weighted by molar-refractivity contribution is 5.87. The zero-order valence-electron chi connectivity index (χ0n) is 9.37. The minimum absolute atomic E-state index is 0.0384. The van der Waals surface area contributed by atoms with Crippen molar-refractivity contribution in [3.8, 4) is 0 Å². The van der Waals surface area contributed by atoms with Gasteiger partial charge in [-0.25, -0.2) is 0 Å². The largest absolute Gasteiger partial charge is 0.368 e. The smallest absolute Gasteiger partial charge is 0.246 e. The molecule has 0 N–H and O–H groups in total. The minimum atomic E-state index is -0.0453. The summed E-state index contributed by atoms with van der Waals surface area (Å²) >= 11 is 0. The van der Waals surface area contributed by atoms with E-state index in [0.717, 1.165) is 19.4 Å². The molecule has 1 heterocycles. The van der Waals surface area contributed by atoms with Crippen molar-refractivity contribution in [1.82, 2.24) is 4.90 Å². The molecule has 2 fully saturated rings. The molecule has 3 heteroatoms. The van der Waals surface area contributed by atoms with Crippen molar-refractivity contribution >= 4 is 5.91 Å². The molecule has 0 bridgehead atoms. The van der Waals surface area contributed by atoms with Gasteiger partial charge in [-0.1, -0.05) is 19.4 Å². The molecule has 1 amide bonds. The second-order valence-corrected chi connectivity index (χ2v) is 4.74. The third-order valence-electron chi connectivity index (χ3n) is 3.41. The van der Waals surface area contributed by atoms with Crippen LogP contribution in [0.4, 0.5) is 0 Å². The van der Waals surface area contributed by atoms with Gasteiger partial charge in [0.25, 0.3) is 0 Å². The van der Waals surface area contributed by atoms with Crippen molar-refractivity contribution in [2.24, 2.45) is 0 Å². The first-order valence-electron chi connectivity index (χ1n) is 5.74. The normalized spacial score (nSPS) is 29.4. The maximum absolute atomic E-state index is 11.6. The molecule has 2 rings (SSSR count). The van der Waals surface area contributed by atoms with Crippen molar-refractivity contribution in [3.63, 3.8) is 0 Å². The van der Waals surface area contributed by atoms with Crippen molar-refractivity contribution in [2.75, 3.05) is 13.1 Å². The van der Waals surface area contributed by atoms with Gasteiger partial charge in [-0.3, -0.25) is 4.79 Å². The molecule has 0 radical (unpaired) electrons. The average molecular weight is 209 g/mol. The molecule has 3 nitrogen and oxygen atoms in total. The summed E-state index contributed by atoms with van der Waals surface area (Å²) in [5.41, 5.74) is -0.0453. The maximum Gasteiger partial charge on any atom is 0.246 e. The van der Waals surface area contributed by atoms with E-state index in [1.807, 2.05) is 11.8 Å². The van der Waals surface area contributed by atoms with Gasteiger partial charge < -0.3 is 9.64 Å². The van der Waals surface area contributed by atoms with E-state index < -0.39 is 0 Å². The van der Waals surface area contributed by atoms with Crippen LogP contribution < -0.4 is 0 Å². The lowest BCUT2D eigenvalue weighted by Crippen LogP contribution is -2.55. The lowest BCUT2D eigenvalue weighted by molar-refractivity contribution is -0.161. The van der Waals surface area contributed by atoms with E-state index in [2.05, 4.69) is 6.58 Å². The van der Waals surface area contributed by atoms with Crippen molar-refractivity contribution < 1.29 is 9.53 Å². The second-order valence-electron chi connectivity index (χ2n) is 4.74. The fraction of sp³-hybridized carbons (Fsp3) is 0.750. The third kappa shape index (κ3) is 2.07. The fourth-order valence-electron chi connectivity index (χ4n) is 2.82. The monoisotopic (exact) mass is 209 g/mol. The van der Waals surface area contributed by atoms with Crippen LogP contribution in [0.1, 0.15) is 32.6 Å². The van der Waals surface area contributed by atoms with Crippen molar-refractivity contribution in [3.05, 3.63) is 12.7 Å². The van der Waals surface area contributed by atoms with Gasteiger partial charge in [0.2, 0.25) is 5.91 Å². The van der Waals surface area contributed by atoms with Gasteiger partial charge in [0.05, 0.1) is 18.2 Å². The van der Waals surface area contributed by atoms with Gasteiger partial charge in [0.1, 0.15) is 0 Å². The Bertz CT molecular complexity index is 269. The molecule has 0 aromatic carbocycles. The molecule has 2 aliphatic rings. The predicted octanol–water partition coefficient (Wildman–Crippen LogP) is 1.73. The number of ether oxygens (including phenoxy) is 1. The van der Waals surface area contributed by atoms with Crippen LogP contribution in [0.25, 0.3) is 0 Å². The van der Waals surface area contributed by atoms with Gasteiger partial charge in [-0.15, -0.1) is 0 Å². The van der Waals surface area contributed by atoms with Gasteiger partial charge in [0, 0.05) is 6.54 Å². The van der Waals surface area contributed by atoms with Gasteiger partial charge in [0.15, 0.2) is 0 Å². The minimum Gasteiger partial charge on any atom is -0.368 e. The SMILES string of the molecule is C=CC(=O)N1CC(C)OC2(CCCC2)C1. The van der Waals surface area contributed by atoms with Crippen LogP contribution in [0, 0.1) is 0 Å². The molecule has 1 saturated heterocycles. The Morgan fingerprint density at radius 2 is 2.20 bits per heavy atom. The molecule has 0 aromatic rings. The Morgan fingerprint density at radius 1 is 1.53 bits per heavy atom. The first-order valence-corrected chi connectivity index (χ1v) is 5.74. The number of hydrogen-bond acceptors (Lipinski definition) is 2. The molecule has 84 valence electrons. The van der Waals surface area contributed by atoms with Gasteiger partial charge in [-0.05, 0) is 25.8 Å². The molecule has 1 saturated carbocycles. The van der Waals surface area contributed by atoms with Crippen LogP contribution in [0.15, 0.2) is 12.7 Å². The van der Waals surface area contributed by atoms with E-state index in [0.29, 0.717) is 6.54 Å². The number of carbonyl (C=O) groups is 1. The Kier molecular flexibility index (Phi) is 2.83. The maximum atomic E-state index is 11.6. The van der Waals surface area contributed by atoms with Crippen molar-refractivity contribution in [2.45, 2.75) is 44.3 Å². The molecule has 0 aromatic heterocycles. The first kappa shape index (κ1) is 10.7. The van der Waals surface area contributed by atoms with Crippen LogP contribution in [0.3, 0.4) is 0 Å². The summed E-state index contributed by atoms with van der Waals surface area (Å²) in [7, 11) is 0. The number of amides is 1. The number of nitrogens with zero attached hydrogens (tertiary/aromatic N) is 1. The molecule has 1 aliphatic heterocycles. The van der Waals surface area contributed by atoms with E-state index in [-0.39, 0.29) is 17.6 Å². The molecule has 1 atom stereocenters. The second kappa shape index (κ2) is 3.97. The highest BCUT2D eigenvalue weighted by atomic mass is 16.5. The molecule has 15 heavy (non-hydrogen) atoms. The summed E-state index contributed by atoms with van der Waals surface area (Å²) in [4.78, 5) is 13.5. The number of hydrogen-bond donors (Lipinski definition) is 0. The Hall–Kier alpha value is -0.830. The summed E-state index contributed by atoms with van der Waals surface area (Å²) in [5, 5.41) is 0. The third-order valence-corrected chi connectivity index (χ3v) is 3.41. The average Bonchev–Trinajstić information content (AvgIpc) is 2.63. The highest BCUT2D eigenvalue weighted by Crippen LogP contribution is 2.37. The van der Waals surface area contributed by atoms with Crippen LogP contribution in [-0.4, -0.2) is 35.6 Å². The van der Waals surface area contributed by atoms with E-state index in [4.69, 9.17) is 4.74 Å². The van der Waals surface area contributed by atoms with Crippen molar-refractivity contribution in [1.29, 1.82) is 0 Å². The zero-order chi connectivity index (χ0) is 10.9. The zero-order valence-corrected chi connectivity index (χ0v) is 9.37. The standard InChI is InChI=1S/C12H19NO2/c1-3-11(14)13-8-10(2)15-12(9-13)6-4-5-7-12/h3,10H,1,4-9H2,2H3. The Morgan fingerprint density at radius 3 is 2.80 bits per heavy atom. The van der Waals surface area contributed by atoms with E-state index in [1.54, 1.807) is 0 Å². The van der Waals surface area contributed by atoms with Crippen LogP contribution >= 0.6 is 0 Å². The van der Waals surface area contributed by atoms with E-state index >= 15 is 0 Å². The Labute approximate surface area is 91.1 Å². The van der Waals surface area contributed by atoms with Crippen LogP contribution in [0.2, 0.25) is 0 Å². The van der Waals surface area contributed by atoms with Crippen LogP contribution in [-0.2, 0) is 9.53 Å². The molecule has 1 spiro atoms. The van der Waals surface area contributed by atoms with E-state index in [1.165, 1.54) is 18.9 Å².